The zero-order valence-electron chi connectivity index (χ0n) is 8.56. The molecule has 2 N–H and O–H groups in total. The van der Waals surface area contributed by atoms with Crippen molar-refractivity contribution in [3.63, 3.8) is 0 Å². The van der Waals surface area contributed by atoms with Crippen LogP contribution >= 0.6 is 0 Å². The van der Waals surface area contributed by atoms with E-state index in [1.54, 1.807) is 0 Å². The number of nitrogens with two attached hydrogens (primary N) is 1. The lowest BCUT2D eigenvalue weighted by Gasteiger charge is -2.31. The number of hydrogen-bond acceptors (Lipinski definition) is 1. The molecule has 0 aliphatic rings. The van der Waals surface area contributed by atoms with E-state index < -0.39 is 0 Å². The lowest BCUT2D eigenvalue weighted by atomic mass is 9.81. The van der Waals surface area contributed by atoms with Crippen LogP contribution in [0.15, 0.2) is 24.8 Å². The van der Waals surface area contributed by atoms with Gasteiger partial charge >= 0.3 is 0 Å². The molecule has 0 bridgehead atoms. The van der Waals surface area contributed by atoms with Gasteiger partial charge in [0.15, 0.2) is 0 Å². The quantitative estimate of drug-likeness (QED) is 0.626. The highest BCUT2D eigenvalue weighted by Crippen LogP contribution is 2.24. The molecule has 0 saturated carbocycles. The van der Waals surface area contributed by atoms with Crippen molar-refractivity contribution in [3.8, 4) is 0 Å². The van der Waals surface area contributed by atoms with E-state index in [0.717, 1.165) is 18.4 Å². The lowest BCUT2D eigenvalue weighted by molar-refractivity contribution is 0.388. The fourth-order valence-electron chi connectivity index (χ4n) is 0.954. The Bertz CT molecular complexity index is 166. The highest BCUT2D eigenvalue weighted by atomic mass is 14.7. The van der Waals surface area contributed by atoms with Gasteiger partial charge < -0.3 is 5.73 Å². The first-order valence-electron chi connectivity index (χ1n) is 4.51. The van der Waals surface area contributed by atoms with Gasteiger partial charge in [-0.2, -0.15) is 0 Å². The molecule has 0 aromatic rings. The van der Waals surface area contributed by atoms with E-state index in [0.29, 0.717) is 5.92 Å². The molecule has 1 unspecified atom stereocenters. The Morgan fingerprint density at radius 1 is 1.58 bits per heavy atom. The maximum Gasteiger partial charge on any atom is 0.0360 e. The maximum atomic E-state index is 6.11. The monoisotopic (exact) mass is 167 g/mol. The topological polar surface area (TPSA) is 26.0 Å². The molecule has 0 radical (unpaired) electrons. The summed E-state index contributed by atoms with van der Waals surface area (Å²) < 4.78 is 0. The van der Waals surface area contributed by atoms with Gasteiger partial charge in [0, 0.05) is 5.54 Å². The summed E-state index contributed by atoms with van der Waals surface area (Å²) in [6.45, 7) is 14.0. The Labute approximate surface area is 76.3 Å². The summed E-state index contributed by atoms with van der Waals surface area (Å²) in [7, 11) is 0. The van der Waals surface area contributed by atoms with Crippen LogP contribution in [0, 0.1) is 5.92 Å². The molecular weight excluding hydrogens is 146 g/mol. The Kier molecular flexibility index (Phi) is 4.25. The maximum absolute atomic E-state index is 6.11. The van der Waals surface area contributed by atoms with Crippen LogP contribution in [0.4, 0.5) is 0 Å². The third kappa shape index (κ3) is 2.82. The Balaban J connectivity index is 4.15. The summed E-state index contributed by atoms with van der Waals surface area (Å²) in [6, 6.07) is 0. The zero-order chi connectivity index (χ0) is 9.78. The fraction of sp³-hybridized carbons (Fsp3) is 0.636. The molecule has 1 nitrogen and oxygen atoms in total. The van der Waals surface area contributed by atoms with Crippen LogP contribution in [-0.2, 0) is 0 Å². The van der Waals surface area contributed by atoms with Crippen LogP contribution in [0.3, 0.4) is 0 Å². The van der Waals surface area contributed by atoms with E-state index in [2.05, 4.69) is 27.0 Å². The van der Waals surface area contributed by atoms with Crippen LogP contribution in [-0.4, -0.2) is 5.54 Å². The first kappa shape index (κ1) is 11.4. The average molecular weight is 167 g/mol. The zero-order valence-corrected chi connectivity index (χ0v) is 8.56. The molecule has 12 heavy (non-hydrogen) atoms. The molecule has 70 valence electrons. The summed E-state index contributed by atoms with van der Waals surface area (Å²) in [5.74, 6) is 0.440. The molecule has 0 saturated heterocycles. The molecule has 0 heterocycles. The Morgan fingerprint density at radius 3 is 2.42 bits per heavy atom. The second-order valence-electron chi connectivity index (χ2n) is 3.87. The third-order valence-electron chi connectivity index (χ3n) is 2.61. The standard InChI is InChI=1S/C11H21N/c1-6-7-8-10(4)11(5,12)9(2)3/h6,9H,1,4,7-8,12H2,2-3,5H3. The van der Waals surface area contributed by atoms with Crippen molar-refractivity contribution in [3.05, 3.63) is 24.8 Å². The molecule has 0 aromatic heterocycles. The lowest BCUT2D eigenvalue weighted by Crippen LogP contribution is -2.43. The summed E-state index contributed by atoms with van der Waals surface area (Å²) in [5, 5.41) is 0. The molecule has 0 amide bonds. The largest absolute Gasteiger partial charge is 0.322 e. The first-order chi connectivity index (χ1) is 5.42. The SMILES string of the molecule is C=CCCC(=C)C(C)(N)C(C)C. The molecule has 1 atom stereocenters. The molecule has 0 spiro atoms. The van der Waals surface area contributed by atoms with Gasteiger partial charge in [-0.05, 0) is 25.7 Å². The Hall–Kier alpha value is -0.560. The minimum Gasteiger partial charge on any atom is -0.322 e. The van der Waals surface area contributed by atoms with Gasteiger partial charge in [-0.3, -0.25) is 0 Å². The van der Waals surface area contributed by atoms with Crippen molar-refractivity contribution in [1.29, 1.82) is 0 Å². The molecule has 0 aliphatic carbocycles. The van der Waals surface area contributed by atoms with Crippen LogP contribution in [0.1, 0.15) is 33.6 Å². The molecule has 0 rings (SSSR count). The van der Waals surface area contributed by atoms with Crippen molar-refractivity contribution in [2.24, 2.45) is 11.7 Å². The molecule has 1 heteroatoms. The van der Waals surface area contributed by atoms with Crippen LogP contribution in [0.2, 0.25) is 0 Å². The minimum atomic E-state index is -0.233. The summed E-state index contributed by atoms with van der Waals surface area (Å²) in [4.78, 5) is 0. The number of rotatable bonds is 5. The number of hydrogen-bond donors (Lipinski definition) is 1. The van der Waals surface area contributed by atoms with Gasteiger partial charge in [-0.25, -0.2) is 0 Å². The normalized spacial score (nSPS) is 15.8. The van der Waals surface area contributed by atoms with Gasteiger partial charge in [0.25, 0.3) is 0 Å². The van der Waals surface area contributed by atoms with Crippen molar-refractivity contribution in [2.45, 2.75) is 39.2 Å². The van der Waals surface area contributed by atoms with E-state index in [1.165, 1.54) is 0 Å². The summed E-state index contributed by atoms with van der Waals surface area (Å²) in [6.07, 6.45) is 3.83. The highest BCUT2D eigenvalue weighted by Gasteiger charge is 2.25. The smallest absolute Gasteiger partial charge is 0.0360 e. The van der Waals surface area contributed by atoms with Crippen LogP contribution in [0.25, 0.3) is 0 Å². The molecule has 0 fully saturated rings. The molecule has 0 aromatic carbocycles. The fourth-order valence-corrected chi connectivity index (χ4v) is 0.954. The van der Waals surface area contributed by atoms with Gasteiger partial charge in [0.05, 0.1) is 0 Å². The van der Waals surface area contributed by atoms with Crippen molar-refractivity contribution >= 4 is 0 Å². The minimum absolute atomic E-state index is 0.233. The first-order valence-corrected chi connectivity index (χ1v) is 4.51. The molecule has 0 aliphatic heterocycles. The van der Waals surface area contributed by atoms with Crippen LogP contribution < -0.4 is 5.73 Å². The van der Waals surface area contributed by atoms with Gasteiger partial charge in [-0.1, -0.05) is 32.1 Å². The van der Waals surface area contributed by atoms with E-state index in [9.17, 15) is 0 Å². The summed E-state index contributed by atoms with van der Waals surface area (Å²) in [5.41, 5.74) is 7.00. The second kappa shape index (κ2) is 4.46. The van der Waals surface area contributed by atoms with Gasteiger partial charge in [0.1, 0.15) is 0 Å². The molecular formula is C11H21N. The third-order valence-corrected chi connectivity index (χ3v) is 2.61. The highest BCUT2D eigenvalue weighted by molar-refractivity contribution is 5.15. The Morgan fingerprint density at radius 2 is 2.08 bits per heavy atom. The van der Waals surface area contributed by atoms with Crippen molar-refractivity contribution < 1.29 is 0 Å². The predicted molar refractivity (Wildman–Crippen MR) is 56.0 cm³/mol. The van der Waals surface area contributed by atoms with E-state index in [4.69, 9.17) is 5.73 Å². The van der Waals surface area contributed by atoms with Crippen molar-refractivity contribution in [2.75, 3.05) is 0 Å². The van der Waals surface area contributed by atoms with Gasteiger partial charge in [0.2, 0.25) is 0 Å². The van der Waals surface area contributed by atoms with Crippen LogP contribution in [0.5, 0.6) is 0 Å². The van der Waals surface area contributed by atoms with Gasteiger partial charge in [-0.15, -0.1) is 6.58 Å². The second-order valence-corrected chi connectivity index (χ2v) is 3.87. The summed E-state index contributed by atoms with van der Waals surface area (Å²) >= 11 is 0. The average Bonchev–Trinajstić information content (AvgIpc) is 1.99. The van der Waals surface area contributed by atoms with Crippen molar-refractivity contribution in [1.82, 2.24) is 0 Å². The van der Waals surface area contributed by atoms with E-state index in [-0.39, 0.29) is 5.54 Å². The predicted octanol–water partition coefficient (Wildman–Crippen LogP) is 2.88. The van der Waals surface area contributed by atoms with E-state index in [1.807, 2.05) is 13.0 Å². The number of allylic oxidation sites excluding steroid dienone is 1. The van der Waals surface area contributed by atoms with E-state index >= 15 is 0 Å².